The van der Waals surface area contributed by atoms with Crippen molar-refractivity contribution in [2.24, 2.45) is 10.2 Å². The van der Waals surface area contributed by atoms with Crippen LogP contribution in [0.2, 0.25) is 0 Å². The minimum Gasteiger partial charge on any atom is -0.506 e. The van der Waals surface area contributed by atoms with Gasteiger partial charge in [-0.3, -0.25) is 4.79 Å². The highest BCUT2D eigenvalue weighted by molar-refractivity contribution is 6.37. The number of aliphatic hydroxyl groups is 1. The maximum absolute atomic E-state index is 14.1. The van der Waals surface area contributed by atoms with Gasteiger partial charge in [-0.2, -0.15) is 5.10 Å². The zero-order chi connectivity index (χ0) is 23.5. The fraction of sp³-hybridized carbons (Fsp3) is 0.0690. The van der Waals surface area contributed by atoms with E-state index in [1.165, 1.54) is 6.21 Å². The molecule has 1 aliphatic rings. The summed E-state index contributed by atoms with van der Waals surface area (Å²) in [5.41, 5.74) is 3.40. The van der Waals surface area contributed by atoms with E-state index in [1.54, 1.807) is 12.1 Å². The van der Waals surface area contributed by atoms with Crippen molar-refractivity contribution in [2.45, 2.75) is 12.8 Å². The lowest BCUT2D eigenvalue weighted by atomic mass is 9.83. The lowest BCUT2D eigenvalue weighted by Crippen LogP contribution is -2.21. The van der Waals surface area contributed by atoms with Gasteiger partial charge in [0, 0.05) is 11.1 Å². The molecule has 34 heavy (non-hydrogen) atoms. The second kappa shape index (κ2) is 9.16. The molecule has 5 heteroatoms. The van der Waals surface area contributed by atoms with E-state index in [1.807, 2.05) is 91.9 Å². The Labute approximate surface area is 197 Å². The van der Waals surface area contributed by atoms with Gasteiger partial charge in [0.15, 0.2) is 5.78 Å². The van der Waals surface area contributed by atoms with Crippen molar-refractivity contribution in [1.82, 2.24) is 0 Å². The molecule has 0 unspecified atom stereocenters. The predicted octanol–water partition coefficient (Wildman–Crippen LogP) is 6.10. The second-order valence-corrected chi connectivity index (χ2v) is 8.03. The summed E-state index contributed by atoms with van der Waals surface area (Å²) in [6, 6.07) is 30.0. The van der Waals surface area contributed by atoms with Crippen LogP contribution >= 0.6 is 0 Å². The molecule has 4 aromatic rings. The first-order valence-corrected chi connectivity index (χ1v) is 11.0. The summed E-state index contributed by atoms with van der Waals surface area (Å²) in [6.07, 6.45) is 1.49. The van der Waals surface area contributed by atoms with Crippen LogP contribution in [0.4, 0.5) is 0 Å². The maximum Gasteiger partial charge on any atom is 0.180 e. The van der Waals surface area contributed by atoms with Crippen LogP contribution in [-0.4, -0.2) is 22.8 Å². The Kier molecular flexibility index (Phi) is 5.75. The molecule has 0 saturated carbocycles. The van der Waals surface area contributed by atoms with E-state index in [-0.39, 0.29) is 17.1 Å². The summed E-state index contributed by atoms with van der Waals surface area (Å²) in [6.45, 7) is 1.85. The quantitative estimate of drug-likeness (QED) is 0.287. The molecule has 0 atom stereocenters. The first-order chi connectivity index (χ1) is 16.6. The van der Waals surface area contributed by atoms with E-state index in [9.17, 15) is 9.90 Å². The van der Waals surface area contributed by atoms with Gasteiger partial charge < -0.3 is 9.52 Å². The van der Waals surface area contributed by atoms with Gasteiger partial charge in [0.1, 0.15) is 23.0 Å². The Balaban J connectivity index is 1.62. The van der Waals surface area contributed by atoms with Gasteiger partial charge in [-0.15, -0.1) is 5.10 Å². The molecule has 0 fully saturated rings. The fourth-order valence-corrected chi connectivity index (χ4v) is 4.21. The van der Waals surface area contributed by atoms with Gasteiger partial charge in [0.25, 0.3) is 0 Å². The van der Waals surface area contributed by atoms with Crippen LogP contribution in [0.15, 0.2) is 117 Å². The first kappa shape index (κ1) is 21.3. The summed E-state index contributed by atoms with van der Waals surface area (Å²) in [5, 5.41) is 19.7. The van der Waals surface area contributed by atoms with Gasteiger partial charge in [-0.05, 0) is 30.2 Å². The molecule has 1 aromatic heterocycles. The zero-order valence-corrected chi connectivity index (χ0v) is 18.6. The zero-order valence-electron chi connectivity index (χ0n) is 18.6. The number of furan rings is 1. The van der Waals surface area contributed by atoms with Crippen LogP contribution in [0.3, 0.4) is 0 Å². The number of ketones is 1. The molecule has 1 aliphatic carbocycles. The van der Waals surface area contributed by atoms with E-state index in [0.29, 0.717) is 22.6 Å². The number of fused-ring (bicyclic) bond motifs is 1. The Morgan fingerprint density at radius 2 is 1.41 bits per heavy atom. The molecule has 166 valence electrons. The predicted molar refractivity (Wildman–Crippen MR) is 133 cm³/mol. The van der Waals surface area contributed by atoms with E-state index in [2.05, 4.69) is 10.2 Å². The summed E-state index contributed by atoms with van der Waals surface area (Å²) in [5.74, 6) is 0.396. The van der Waals surface area contributed by atoms with Crippen molar-refractivity contribution in [1.29, 1.82) is 0 Å². The van der Waals surface area contributed by atoms with Crippen molar-refractivity contribution >= 4 is 23.5 Å². The van der Waals surface area contributed by atoms with E-state index < -0.39 is 5.92 Å². The number of Topliss-reactive ketones (excluding diaryl/α,β-unsaturated/α-hetero) is 1. The Hall–Kier alpha value is -4.51. The van der Waals surface area contributed by atoms with E-state index >= 15 is 0 Å². The van der Waals surface area contributed by atoms with Gasteiger partial charge in [-0.25, -0.2) is 0 Å². The molecule has 5 nitrogen and oxygen atoms in total. The third-order valence-corrected chi connectivity index (χ3v) is 5.79. The van der Waals surface area contributed by atoms with Crippen molar-refractivity contribution in [3.63, 3.8) is 0 Å². The van der Waals surface area contributed by atoms with Crippen molar-refractivity contribution in [2.75, 3.05) is 0 Å². The van der Waals surface area contributed by atoms with Crippen LogP contribution < -0.4 is 0 Å². The van der Waals surface area contributed by atoms with Crippen LogP contribution in [0, 0.1) is 6.92 Å². The second-order valence-electron chi connectivity index (χ2n) is 8.03. The smallest absolute Gasteiger partial charge is 0.180 e. The number of nitrogens with zero attached hydrogens (tertiary/aromatic N) is 2. The molecule has 0 radical (unpaired) electrons. The third-order valence-electron chi connectivity index (χ3n) is 5.79. The summed E-state index contributed by atoms with van der Waals surface area (Å²) >= 11 is 0. The minimum absolute atomic E-state index is 0.0831. The van der Waals surface area contributed by atoms with Gasteiger partial charge in [0.05, 0.1) is 17.7 Å². The Morgan fingerprint density at radius 1 is 0.824 bits per heavy atom. The maximum atomic E-state index is 14.1. The number of benzene rings is 3. The molecule has 3 aromatic carbocycles. The number of aliphatic hydroxyl groups excluding tert-OH is 1. The average molecular weight is 447 g/mol. The number of allylic oxidation sites excluding steroid dienone is 1. The average Bonchev–Trinajstić information content (AvgIpc) is 3.41. The number of carbonyl (C=O) groups is 1. The monoisotopic (exact) mass is 446 g/mol. The van der Waals surface area contributed by atoms with Gasteiger partial charge in [-0.1, -0.05) is 84.9 Å². The molecule has 0 aliphatic heterocycles. The lowest BCUT2D eigenvalue weighted by molar-refractivity contribution is -0.115. The van der Waals surface area contributed by atoms with Crippen molar-refractivity contribution in [3.8, 4) is 0 Å². The lowest BCUT2D eigenvalue weighted by Gasteiger charge is -2.18. The van der Waals surface area contributed by atoms with Crippen LogP contribution in [0.5, 0.6) is 0 Å². The van der Waals surface area contributed by atoms with Crippen LogP contribution in [-0.2, 0) is 4.79 Å². The summed E-state index contributed by atoms with van der Waals surface area (Å²) in [7, 11) is 0. The van der Waals surface area contributed by atoms with Crippen LogP contribution in [0.25, 0.3) is 5.76 Å². The molecule has 5 rings (SSSR count). The third kappa shape index (κ3) is 3.99. The SMILES string of the molecule is Cc1ccc(/C=N/N=C2\C(C(=O)C(c3ccccc3)c3ccccc3)=C(O)c3ccccc32)o1. The van der Waals surface area contributed by atoms with Crippen molar-refractivity contribution in [3.05, 3.63) is 136 Å². The topological polar surface area (TPSA) is 75.2 Å². The highest BCUT2D eigenvalue weighted by Crippen LogP contribution is 2.37. The molecule has 0 amide bonds. The molecule has 0 spiro atoms. The summed E-state index contributed by atoms with van der Waals surface area (Å²) in [4.78, 5) is 14.1. The number of aryl methyl sites for hydroxylation is 1. The summed E-state index contributed by atoms with van der Waals surface area (Å²) < 4.78 is 5.52. The Morgan fingerprint density at radius 3 is 2.00 bits per heavy atom. The Bertz CT molecular complexity index is 1390. The first-order valence-electron chi connectivity index (χ1n) is 11.0. The highest BCUT2D eigenvalue weighted by atomic mass is 16.3. The molecule has 0 saturated heterocycles. The van der Waals surface area contributed by atoms with E-state index in [4.69, 9.17) is 4.42 Å². The number of rotatable bonds is 6. The van der Waals surface area contributed by atoms with Crippen LogP contribution in [0.1, 0.15) is 39.7 Å². The fourth-order valence-electron chi connectivity index (χ4n) is 4.21. The number of carbonyl (C=O) groups excluding carboxylic acids is 1. The number of hydrogen-bond donors (Lipinski definition) is 1. The molecule has 1 heterocycles. The molecular formula is C29H22N2O3. The standard InChI is InChI=1S/C29H22N2O3/c1-19-16-17-22(34-19)18-30-31-27-23-14-8-9-15-24(23)28(32)26(27)29(33)25(20-10-4-2-5-11-20)21-12-6-3-7-13-21/h2-18,25,32H,1H3/b30-18+,31-27-. The number of hydrogen-bond acceptors (Lipinski definition) is 5. The van der Waals surface area contributed by atoms with Gasteiger partial charge >= 0.3 is 0 Å². The molecular weight excluding hydrogens is 424 g/mol. The van der Waals surface area contributed by atoms with Crippen molar-refractivity contribution < 1.29 is 14.3 Å². The normalized spacial score (nSPS) is 14.4. The highest BCUT2D eigenvalue weighted by Gasteiger charge is 2.37. The van der Waals surface area contributed by atoms with E-state index in [0.717, 1.165) is 16.9 Å². The minimum atomic E-state index is -0.601. The molecule has 0 bridgehead atoms. The molecule has 1 N–H and O–H groups in total. The van der Waals surface area contributed by atoms with Gasteiger partial charge in [0.2, 0.25) is 0 Å². The largest absolute Gasteiger partial charge is 0.506 e.